The first-order chi connectivity index (χ1) is 10.3. The molecule has 2 N–H and O–H groups in total. The Labute approximate surface area is 133 Å². The van der Waals surface area contributed by atoms with E-state index >= 15 is 0 Å². The topological polar surface area (TPSA) is 40.2 Å². The van der Waals surface area contributed by atoms with Crippen LogP contribution < -0.4 is 10.6 Å². The van der Waals surface area contributed by atoms with Crippen molar-refractivity contribution in [3.05, 3.63) is 24.5 Å². The summed E-state index contributed by atoms with van der Waals surface area (Å²) in [5.74, 6) is 0. The number of rotatable bonds is 6. The highest BCUT2D eigenvalue weighted by Gasteiger charge is 2.19. The van der Waals surface area contributed by atoms with Gasteiger partial charge in [-0.3, -0.25) is 4.98 Å². The highest BCUT2D eigenvalue weighted by Crippen LogP contribution is 2.19. The van der Waals surface area contributed by atoms with Crippen LogP contribution in [0.1, 0.15) is 39.0 Å². The van der Waals surface area contributed by atoms with Crippen molar-refractivity contribution in [1.29, 1.82) is 0 Å². The van der Waals surface area contributed by atoms with E-state index in [1.54, 1.807) is 12.4 Å². The monoisotopic (exact) mass is 306 g/mol. The van der Waals surface area contributed by atoms with E-state index < -0.39 is 0 Å². The summed E-state index contributed by atoms with van der Waals surface area (Å²) in [5, 5.41) is 7.09. The SMILES string of the molecule is CC[C@@H]1CCCCN1CCCNC(=S)Nc1cccnc1. The number of aromatic nitrogens is 1. The van der Waals surface area contributed by atoms with Crippen molar-refractivity contribution in [2.75, 3.05) is 25.0 Å². The zero-order chi connectivity index (χ0) is 14.9. The van der Waals surface area contributed by atoms with E-state index in [-0.39, 0.29) is 0 Å². The van der Waals surface area contributed by atoms with Gasteiger partial charge < -0.3 is 15.5 Å². The minimum absolute atomic E-state index is 0.675. The molecule has 1 aliphatic heterocycles. The van der Waals surface area contributed by atoms with Crippen molar-refractivity contribution >= 4 is 23.0 Å². The quantitative estimate of drug-likeness (QED) is 0.624. The van der Waals surface area contributed by atoms with E-state index in [0.29, 0.717) is 5.11 Å². The molecule has 0 radical (unpaired) electrons. The van der Waals surface area contributed by atoms with Crippen LogP contribution in [0, 0.1) is 0 Å². The van der Waals surface area contributed by atoms with Crippen LogP contribution in [0.4, 0.5) is 5.69 Å². The largest absolute Gasteiger partial charge is 0.362 e. The number of thiocarbonyl (C=S) groups is 1. The summed E-state index contributed by atoms with van der Waals surface area (Å²) >= 11 is 5.29. The van der Waals surface area contributed by atoms with Crippen LogP contribution in [-0.2, 0) is 0 Å². The van der Waals surface area contributed by atoms with Crippen molar-refractivity contribution in [2.45, 2.75) is 45.1 Å². The minimum Gasteiger partial charge on any atom is -0.362 e. The number of nitrogens with zero attached hydrogens (tertiary/aromatic N) is 2. The van der Waals surface area contributed by atoms with Gasteiger partial charge in [0.05, 0.1) is 11.9 Å². The van der Waals surface area contributed by atoms with Gasteiger partial charge in [-0.25, -0.2) is 0 Å². The molecule has 2 heterocycles. The van der Waals surface area contributed by atoms with Gasteiger partial charge in [0.25, 0.3) is 0 Å². The van der Waals surface area contributed by atoms with Crippen LogP contribution in [0.3, 0.4) is 0 Å². The Morgan fingerprint density at radius 3 is 3.14 bits per heavy atom. The van der Waals surface area contributed by atoms with Gasteiger partial charge >= 0.3 is 0 Å². The molecule has 1 aromatic rings. The third-order valence-electron chi connectivity index (χ3n) is 4.05. The number of piperidine rings is 1. The Hall–Kier alpha value is -1.20. The lowest BCUT2D eigenvalue weighted by Crippen LogP contribution is -2.40. The summed E-state index contributed by atoms with van der Waals surface area (Å²) in [7, 11) is 0. The molecule has 1 aromatic heterocycles. The molecule has 0 bridgehead atoms. The smallest absolute Gasteiger partial charge is 0.170 e. The van der Waals surface area contributed by atoms with Crippen molar-refractivity contribution in [1.82, 2.24) is 15.2 Å². The fraction of sp³-hybridized carbons (Fsp3) is 0.625. The molecule has 21 heavy (non-hydrogen) atoms. The molecular weight excluding hydrogens is 280 g/mol. The van der Waals surface area contributed by atoms with Gasteiger partial charge in [0.1, 0.15) is 0 Å². The highest BCUT2D eigenvalue weighted by molar-refractivity contribution is 7.80. The first kappa shape index (κ1) is 16.2. The molecule has 0 spiro atoms. The van der Waals surface area contributed by atoms with E-state index in [0.717, 1.165) is 24.7 Å². The molecule has 1 fully saturated rings. The third-order valence-corrected chi connectivity index (χ3v) is 4.29. The molecule has 0 aliphatic carbocycles. The highest BCUT2D eigenvalue weighted by atomic mass is 32.1. The van der Waals surface area contributed by atoms with Crippen molar-refractivity contribution < 1.29 is 0 Å². The Morgan fingerprint density at radius 2 is 2.38 bits per heavy atom. The van der Waals surface area contributed by atoms with E-state index in [2.05, 4.69) is 27.4 Å². The van der Waals surface area contributed by atoms with Gasteiger partial charge in [0.15, 0.2) is 5.11 Å². The van der Waals surface area contributed by atoms with Crippen molar-refractivity contribution in [3.63, 3.8) is 0 Å². The maximum absolute atomic E-state index is 5.29. The Kier molecular flexibility index (Phi) is 6.89. The Balaban J connectivity index is 1.61. The zero-order valence-corrected chi connectivity index (χ0v) is 13.7. The molecule has 1 aliphatic rings. The number of hydrogen-bond donors (Lipinski definition) is 2. The Morgan fingerprint density at radius 1 is 1.48 bits per heavy atom. The standard InChI is InChI=1S/C16H26N4S/c1-2-15-8-3-4-11-20(15)12-6-10-18-16(21)19-14-7-5-9-17-13-14/h5,7,9,13,15H,2-4,6,8,10-12H2,1H3,(H2,18,19,21)/t15-/m1/s1. The molecule has 2 rings (SSSR count). The van der Waals surface area contributed by atoms with Gasteiger partial charge in [-0.2, -0.15) is 0 Å². The summed E-state index contributed by atoms with van der Waals surface area (Å²) in [6, 6.07) is 4.64. The van der Waals surface area contributed by atoms with Crippen LogP contribution >= 0.6 is 12.2 Å². The molecule has 0 unspecified atom stereocenters. The molecular formula is C16H26N4S. The number of nitrogens with one attached hydrogen (secondary N) is 2. The lowest BCUT2D eigenvalue weighted by molar-refractivity contribution is 0.143. The van der Waals surface area contributed by atoms with Crippen molar-refractivity contribution in [2.24, 2.45) is 0 Å². The van der Waals surface area contributed by atoms with E-state index in [1.165, 1.54) is 38.8 Å². The molecule has 0 saturated carbocycles. The summed E-state index contributed by atoms with van der Waals surface area (Å²) in [5.41, 5.74) is 0.928. The van der Waals surface area contributed by atoms with Crippen LogP contribution in [0.15, 0.2) is 24.5 Å². The van der Waals surface area contributed by atoms with Gasteiger partial charge in [-0.1, -0.05) is 13.3 Å². The van der Waals surface area contributed by atoms with Gasteiger partial charge in [-0.15, -0.1) is 0 Å². The average Bonchev–Trinajstić information content (AvgIpc) is 2.53. The molecule has 1 saturated heterocycles. The minimum atomic E-state index is 0.675. The number of pyridine rings is 1. The van der Waals surface area contributed by atoms with Crippen LogP contribution in [-0.4, -0.2) is 40.7 Å². The second kappa shape index (κ2) is 8.95. The fourth-order valence-electron chi connectivity index (χ4n) is 2.91. The summed E-state index contributed by atoms with van der Waals surface area (Å²) < 4.78 is 0. The molecule has 0 amide bonds. The molecule has 5 heteroatoms. The molecule has 4 nitrogen and oxygen atoms in total. The third kappa shape index (κ3) is 5.59. The summed E-state index contributed by atoms with van der Waals surface area (Å²) in [6.07, 6.45) is 10.0. The fourth-order valence-corrected chi connectivity index (χ4v) is 3.13. The normalized spacial score (nSPS) is 19.2. The molecule has 0 aromatic carbocycles. The lowest BCUT2D eigenvalue weighted by atomic mass is 10.00. The average molecular weight is 306 g/mol. The van der Waals surface area contributed by atoms with Gasteiger partial charge in [-0.05, 0) is 56.6 Å². The summed E-state index contributed by atoms with van der Waals surface area (Å²) in [4.78, 5) is 6.70. The Bertz CT molecular complexity index is 424. The molecule has 116 valence electrons. The lowest BCUT2D eigenvalue weighted by Gasteiger charge is -2.35. The number of hydrogen-bond acceptors (Lipinski definition) is 3. The molecule has 1 atom stereocenters. The van der Waals surface area contributed by atoms with Gasteiger partial charge in [0.2, 0.25) is 0 Å². The summed E-state index contributed by atoms with van der Waals surface area (Å²) in [6.45, 7) is 5.64. The second-order valence-corrected chi connectivity index (χ2v) is 5.98. The number of likely N-dealkylation sites (tertiary alicyclic amines) is 1. The van der Waals surface area contributed by atoms with Crippen LogP contribution in [0.25, 0.3) is 0 Å². The van der Waals surface area contributed by atoms with Crippen molar-refractivity contribution in [3.8, 4) is 0 Å². The first-order valence-electron chi connectivity index (χ1n) is 7.98. The predicted octanol–water partition coefficient (Wildman–Crippen LogP) is 3.02. The first-order valence-corrected chi connectivity index (χ1v) is 8.39. The second-order valence-electron chi connectivity index (χ2n) is 5.57. The van der Waals surface area contributed by atoms with Crippen LogP contribution in [0.2, 0.25) is 0 Å². The van der Waals surface area contributed by atoms with E-state index in [4.69, 9.17) is 12.2 Å². The van der Waals surface area contributed by atoms with Crippen LogP contribution in [0.5, 0.6) is 0 Å². The zero-order valence-electron chi connectivity index (χ0n) is 12.8. The van der Waals surface area contributed by atoms with Gasteiger partial charge in [0, 0.05) is 25.3 Å². The maximum Gasteiger partial charge on any atom is 0.170 e. The number of anilines is 1. The van der Waals surface area contributed by atoms with E-state index in [1.807, 2.05) is 12.1 Å². The van der Waals surface area contributed by atoms with E-state index in [9.17, 15) is 0 Å². The maximum atomic E-state index is 5.29. The predicted molar refractivity (Wildman–Crippen MR) is 92.6 cm³/mol.